The molecule has 2 heterocycles. The molecule has 3 atom stereocenters. The number of halogens is 4. The molecule has 1 amide bonds. The Kier molecular flexibility index (Phi) is 8.67. The number of methoxy groups -OCH3 is 1. The molecule has 0 bridgehead atoms. The van der Waals surface area contributed by atoms with Gasteiger partial charge in [-0.2, -0.15) is 13.2 Å². The smallest absolute Gasteiger partial charge is 0.424 e. The number of aliphatic hydroxyl groups excluding tert-OH is 1. The number of ether oxygens (including phenoxy) is 3. The maximum Gasteiger partial charge on any atom is 0.424 e. The summed E-state index contributed by atoms with van der Waals surface area (Å²) in [6.45, 7) is 1.94. The molecule has 42 heavy (non-hydrogen) atoms. The number of nitrogens with zero attached hydrogens (tertiary/aromatic N) is 1. The number of aliphatic hydroxyl groups is 2. The van der Waals surface area contributed by atoms with Crippen molar-refractivity contribution in [2.24, 2.45) is 5.73 Å². The highest BCUT2D eigenvalue weighted by Crippen LogP contribution is 2.45. The average Bonchev–Trinajstić information content (AvgIpc) is 2.93. The van der Waals surface area contributed by atoms with E-state index < -0.39 is 47.4 Å². The van der Waals surface area contributed by atoms with Crippen LogP contribution in [0.4, 0.5) is 17.6 Å². The van der Waals surface area contributed by atoms with E-state index in [1.54, 1.807) is 6.92 Å². The van der Waals surface area contributed by atoms with Crippen LogP contribution in [0.5, 0.6) is 17.2 Å². The fraction of sp³-hybridized carbons (Fsp3) is 0.379. The zero-order chi connectivity index (χ0) is 30.9. The number of carbonyl (C=O) groups excluding carboxylic acids is 1. The number of benzene rings is 2. The summed E-state index contributed by atoms with van der Waals surface area (Å²) in [5.41, 5.74) is 1.09. The van der Waals surface area contributed by atoms with Gasteiger partial charge in [-0.15, -0.1) is 0 Å². The largest absolute Gasteiger partial charge is 0.493 e. The van der Waals surface area contributed by atoms with E-state index in [4.69, 9.17) is 19.9 Å². The van der Waals surface area contributed by atoms with E-state index in [9.17, 15) is 32.6 Å². The van der Waals surface area contributed by atoms with E-state index >= 15 is 0 Å². The Morgan fingerprint density at radius 2 is 1.88 bits per heavy atom. The first-order chi connectivity index (χ1) is 19.7. The van der Waals surface area contributed by atoms with Crippen LogP contribution in [0.25, 0.3) is 11.3 Å². The summed E-state index contributed by atoms with van der Waals surface area (Å²) >= 11 is 0. The van der Waals surface area contributed by atoms with E-state index in [2.05, 4.69) is 10.3 Å². The number of alkyl halides is 3. The fourth-order valence-electron chi connectivity index (χ4n) is 4.40. The third kappa shape index (κ3) is 6.27. The summed E-state index contributed by atoms with van der Waals surface area (Å²) in [6.07, 6.45) is -5.80. The first-order valence-corrected chi connectivity index (χ1v) is 13.0. The van der Waals surface area contributed by atoms with Crippen molar-refractivity contribution in [2.75, 3.05) is 26.9 Å². The first-order valence-electron chi connectivity index (χ1n) is 13.0. The molecule has 4 rings (SSSR count). The lowest BCUT2D eigenvalue weighted by Crippen LogP contribution is -2.52. The minimum Gasteiger partial charge on any atom is -0.493 e. The summed E-state index contributed by atoms with van der Waals surface area (Å²) in [5, 5.41) is 22.7. The highest BCUT2D eigenvalue weighted by Gasteiger charge is 2.57. The Morgan fingerprint density at radius 3 is 2.50 bits per heavy atom. The molecule has 0 saturated heterocycles. The molecule has 13 heteroatoms. The molecule has 0 aliphatic carbocycles. The third-order valence-corrected chi connectivity index (χ3v) is 6.88. The van der Waals surface area contributed by atoms with Gasteiger partial charge >= 0.3 is 6.18 Å². The number of aromatic nitrogens is 1. The van der Waals surface area contributed by atoms with Crippen molar-refractivity contribution in [1.29, 1.82) is 0 Å². The van der Waals surface area contributed by atoms with Crippen LogP contribution in [0.3, 0.4) is 0 Å². The van der Waals surface area contributed by atoms with Gasteiger partial charge in [0.25, 0.3) is 5.91 Å². The van der Waals surface area contributed by atoms with Crippen LogP contribution < -0.4 is 25.3 Å². The van der Waals surface area contributed by atoms with E-state index in [-0.39, 0.29) is 59.3 Å². The lowest BCUT2D eigenvalue weighted by atomic mass is 9.84. The second-order valence-electron chi connectivity index (χ2n) is 10.3. The third-order valence-electron chi connectivity index (χ3n) is 6.88. The van der Waals surface area contributed by atoms with Crippen molar-refractivity contribution in [3.05, 3.63) is 71.2 Å². The lowest BCUT2D eigenvalue weighted by molar-refractivity contribution is -0.265. The number of fused-ring (bicyclic) bond motifs is 1. The molecule has 0 fully saturated rings. The molecule has 1 aliphatic rings. The molecular weight excluding hydrogens is 562 g/mol. The summed E-state index contributed by atoms with van der Waals surface area (Å²) in [6, 6.07) is 9.82. The zero-order valence-electron chi connectivity index (χ0n) is 23.1. The molecule has 0 radical (unpaired) electrons. The van der Waals surface area contributed by atoms with Crippen molar-refractivity contribution in [1.82, 2.24) is 10.3 Å². The lowest BCUT2D eigenvalue weighted by Gasteiger charge is -2.36. The van der Waals surface area contributed by atoms with Gasteiger partial charge in [0.15, 0.2) is 17.2 Å². The first kappa shape index (κ1) is 31.0. The van der Waals surface area contributed by atoms with Crippen LogP contribution in [0.2, 0.25) is 0 Å². The Balaban J connectivity index is 1.72. The Labute approximate surface area is 239 Å². The van der Waals surface area contributed by atoms with E-state index in [1.807, 2.05) is 0 Å². The minimum atomic E-state index is -5.29. The number of hydrogen-bond donors (Lipinski definition) is 4. The average molecular weight is 594 g/mol. The predicted octanol–water partition coefficient (Wildman–Crippen LogP) is 3.79. The summed E-state index contributed by atoms with van der Waals surface area (Å²) < 4.78 is 73.7. The van der Waals surface area contributed by atoms with Gasteiger partial charge < -0.3 is 35.5 Å². The maximum absolute atomic E-state index is 14.6. The second-order valence-corrected chi connectivity index (χ2v) is 10.3. The molecule has 3 aromatic rings. The van der Waals surface area contributed by atoms with Crippen molar-refractivity contribution < 1.29 is 46.8 Å². The zero-order valence-corrected chi connectivity index (χ0v) is 23.1. The molecule has 2 aromatic carbocycles. The van der Waals surface area contributed by atoms with Gasteiger partial charge in [-0.3, -0.25) is 4.79 Å². The molecule has 5 N–H and O–H groups in total. The molecule has 0 saturated carbocycles. The monoisotopic (exact) mass is 593 g/mol. The SMILES string of the molecule is COc1cc(C(=O)NCC(O)(c2cc3c(c(-c4ccc(F)cc4)n2)OCCC3(C)N)C(F)(F)F)ccc1OC[C@@H](C)O. The maximum atomic E-state index is 14.6. The van der Waals surface area contributed by atoms with Crippen LogP contribution >= 0.6 is 0 Å². The standard InChI is InChI=1S/C29H31F4N3O6/c1-16(37)14-42-21-9-6-18(12-22(21)40-3)26(38)35-15-28(39,29(31,32)33)23-13-20-25(41-11-10-27(20,2)34)24(36-23)17-4-7-19(30)8-5-17/h4-9,12-13,16,37,39H,10-11,14-15,34H2,1-3H3,(H,35,38)/t16-,27?,28?/m1/s1. The topological polar surface area (TPSA) is 136 Å². The number of nitrogens with one attached hydrogen (secondary N) is 1. The Bertz CT molecular complexity index is 1450. The number of pyridine rings is 1. The fourth-order valence-corrected chi connectivity index (χ4v) is 4.40. The summed E-state index contributed by atoms with van der Waals surface area (Å²) in [5.74, 6) is -1.07. The molecule has 9 nitrogen and oxygen atoms in total. The van der Waals surface area contributed by atoms with Gasteiger partial charge in [0.1, 0.15) is 18.1 Å². The van der Waals surface area contributed by atoms with Crippen molar-refractivity contribution in [2.45, 2.75) is 43.7 Å². The van der Waals surface area contributed by atoms with Crippen molar-refractivity contribution in [3.63, 3.8) is 0 Å². The number of hydrogen-bond acceptors (Lipinski definition) is 8. The Morgan fingerprint density at radius 1 is 1.19 bits per heavy atom. The number of nitrogens with two attached hydrogens (primary N) is 1. The summed E-state index contributed by atoms with van der Waals surface area (Å²) in [7, 11) is 1.31. The van der Waals surface area contributed by atoms with E-state index in [0.717, 1.165) is 18.2 Å². The van der Waals surface area contributed by atoms with Crippen LogP contribution in [0, 0.1) is 5.82 Å². The second kappa shape index (κ2) is 11.7. The molecule has 226 valence electrons. The normalized spacial score (nSPS) is 18.7. The van der Waals surface area contributed by atoms with Crippen LogP contribution in [-0.4, -0.2) is 60.3 Å². The van der Waals surface area contributed by atoms with E-state index in [0.29, 0.717) is 0 Å². The highest BCUT2D eigenvalue weighted by atomic mass is 19.4. The van der Waals surface area contributed by atoms with Crippen molar-refractivity contribution in [3.8, 4) is 28.5 Å². The van der Waals surface area contributed by atoms with Crippen LogP contribution in [-0.2, 0) is 11.1 Å². The number of carbonyl (C=O) groups is 1. The van der Waals surface area contributed by atoms with Crippen LogP contribution in [0.1, 0.15) is 41.9 Å². The molecule has 1 aliphatic heterocycles. The van der Waals surface area contributed by atoms with Crippen LogP contribution in [0.15, 0.2) is 48.5 Å². The molecular formula is C29H31F4N3O6. The molecule has 2 unspecified atom stereocenters. The van der Waals surface area contributed by atoms with Crippen molar-refractivity contribution >= 4 is 5.91 Å². The quantitative estimate of drug-likeness (QED) is 0.275. The highest BCUT2D eigenvalue weighted by molar-refractivity contribution is 5.95. The molecule has 1 aromatic heterocycles. The van der Waals surface area contributed by atoms with Gasteiger partial charge in [-0.25, -0.2) is 9.37 Å². The van der Waals surface area contributed by atoms with Gasteiger partial charge in [0, 0.05) is 28.7 Å². The van der Waals surface area contributed by atoms with E-state index in [1.165, 1.54) is 44.4 Å². The number of amides is 1. The van der Waals surface area contributed by atoms with Gasteiger partial charge in [-0.05, 0) is 62.4 Å². The number of rotatable bonds is 9. The minimum absolute atomic E-state index is 0.0545. The van der Waals surface area contributed by atoms with Gasteiger partial charge in [0.2, 0.25) is 5.60 Å². The molecule has 0 spiro atoms. The summed E-state index contributed by atoms with van der Waals surface area (Å²) in [4.78, 5) is 17.1. The van der Waals surface area contributed by atoms with Gasteiger partial charge in [0.05, 0.1) is 32.1 Å². The predicted molar refractivity (Wildman–Crippen MR) is 144 cm³/mol. The van der Waals surface area contributed by atoms with Gasteiger partial charge in [-0.1, -0.05) is 0 Å². The Hall–Kier alpha value is -3.94.